The summed E-state index contributed by atoms with van der Waals surface area (Å²) >= 11 is 1.03. The number of esters is 1. The van der Waals surface area contributed by atoms with Crippen molar-refractivity contribution in [2.45, 2.75) is 16.7 Å². The smallest absolute Gasteiger partial charge is 0.338 e. The van der Waals surface area contributed by atoms with Gasteiger partial charge < -0.3 is 23.7 Å². The van der Waals surface area contributed by atoms with Gasteiger partial charge in [-0.1, -0.05) is 42.1 Å². The third kappa shape index (κ3) is 7.60. The van der Waals surface area contributed by atoms with Crippen molar-refractivity contribution < 1.29 is 42.9 Å². The highest BCUT2D eigenvalue weighted by Gasteiger charge is 2.41. The number of ether oxygens (including phenoxy) is 5. The van der Waals surface area contributed by atoms with Crippen LogP contribution in [-0.4, -0.2) is 68.8 Å². The van der Waals surface area contributed by atoms with E-state index < -0.39 is 35.4 Å². The minimum absolute atomic E-state index is 0.116. The molecule has 2 heterocycles. The highest BCUT2D eigenvalue weighted by Crippen LogP contribution is 2.42. The summed E-state index contributed by atoms with van der Waals surface area (Å²) in [5.41, 5.74) is 3.29. The predicted octanol–water partition coefficient (Wildman–Crippen LogP) is 6.79. The molecule has 0 spiro atoms. The fraction of sp³-hybridized carbons (Fsp3) is 0.171. The molecular weight excluding hydrogens is 711 g/mol. The van der Waals surface area contributed by atoms with Gasteiger partial charge in [0, 0.05) is 28.7 Å². The monoisotopic (exact) mass is 743 g/mol. The van der Waals surface area contributed by atoms with E-state index in [-0.39, 0.29) is 33.8 Å². The largest absolute Gasteiger partial charge is 0.497 e. The molecule has 0 aliphatic carbocycles. The predicted molar refractivity (Wildman–Crippen MR) is 200 cm³/mol. The Morgan fingerprint density at radius 1 is 0.796 bits per heavy atom. The molecule has 2 amide bonds. The molecule has 0 bridgehead atoms. The maximum absolute atomic E-state index is 13.8. The summed E-state index contributed by atoms with van der Waals surface area (Å²) in [5, 5.41) is 9.85. The first-order valence-corrected chi connectivity index (χ1v) is 17.4. The lowest BCUT2D eigenvalue weighted by Gasteiger charge is -2.17. The zero-order valence-electron chi connectivity index (χ0n) is 29.7. The molecule has 1 atom stereocenters. The summed E-state index contributed by atoms with van der Waals surface area (Å²) in [6.45, 7) is -0.519. The molecule has 1 aliphatic heterocycles. The molecule has 13 heteroatoms. The van der Waals surface area contributed by atoms with Crippen molar-refractivity contribution in [3.8, 4) is 51.5 Å². The number of thioether (sulfide) groups is 1. The minimum atomic E-state index is -0.893. The number of carbonyl (C=O) groups excluding carboxylic acids is 4. The highest BCUT2D eigenvalue weighted by atomic mass is 32.2. The number of hydrogen-bond donors (Lipinski definition) is 0. The molecule has 54 heavy (non-hydrogen) atoms. The average Bonchev–Trinajstić information content (AvgIpc) is 3.50. The van der Waals surface area contributed by atoms with E-state index in [1.807, 2.05) is 30.3 Å². The molecular formula is C41H33N3O9S. The number of carbonyl (C=O) groups is 4. The van der Waals surface area contributed by atoms with Crippen molar-refractivity contribution in [1.82, 2.24) is 4.98 Å². The molecule has 4 aromatic carbocycles. The molecule has 12 nitrogen and oxygen atoms in total. The molecule has 1 unspecified atom stereocenters. The number of Topliss-reactive ketones (excluding diaryl/α,β-unsaturated/α-hetero) is 1. The third-order valence-electron chi connectivity index (χ3n) is 8.62. The van der Waals surface area contributed by atoms with Gasteiger partial charge in [-0.2, -0.15) is 5.26 Å². The zero-order chi connectivity index (χ0) is 38.4. The van der Waals surface area contributed by atoms with Gasteiger partial charge in [0.15, 0.2) is 23.9 Å². The molecule has 0 radical (unpaired) electrons. The third-order valence-corrected chi connectivity index (χ3v) is 9.80. The molecule has 0 N–H and O–H groups in total. The minimum Gasteiger partial charge on any atom is -0.497 e. The van der Waals surface area contributed by atoms with E-state index in [0.29, 0.717) is 39.8 Å². The highest BCUT2D eigenvalue weighted by molar-refractivity contribution is 8.00. The van der Waals surface area contributed by atoms with Crippen LogP contribution >= 0.6 is 11.8 Å². The number of anilines is 1. The van der Waals surface area contributed by atoms with Gasteiger partial charge in [-0.15, -0.1) is 0 Å². The van der Waals surface area contributed by atoms with Gasteiger partial charge in [-0.25, -0.2) is 14.7 Å². The maximum atomic E-state index is 13.8. The SMILES string of the molecule is COc1ccc(OC)c(-c2cc(-c3ccccc3)nc(SC3CC(=O)N(c4ccc(C(=O)OCC(=O)c5ccc(OC)c(OC)c5)cc4)C3=O)c2C#N)c1. The maximum Gasteiger partial charge on any atom is 0.338 e. The van der Waals surface area contributed by atoms with Crippen molar-refractivity contribution in [1.29, 1.82) is 5.26 Å². The number of nitriles is 1. The summed E-state index contributed by atoms with van der Waals surface area (Å²) in [6.07, 6.45) is -0.147. The number of imide groups is 1. The topological polar surface area (TPSA) is 154 Å². The van der Waals surface area contributed by atoms with E-state index in [0.717, 1.165) is 22.2 Å². The second-order valence-corrected chi connectivity index (χ2v) is 13.0. The molecule has 1 aliphatic rings. The van der Waals surface area contributed by atoms with Gasteiger partial charge in [0.05, 0.1) is 56.2 Å². The summed E-state index contributed by atoms with van der Waals surface area (Å²) in [5.74, 6) is -0.307. The Morgan fingerprint density at radius 2 is 1.48 bits per heavy atom. The molecule has 0 saturated carbocycles. The number of hydrogen-bond acceptors (Lipinski definition) is 12. The van der Waals surface area contributed by atoms with Crippen LogP contribution in [0, 0.1) is 11.3 Å². The molecule has 1 fully saturated rings. The van der Waals surface area contributed by atoms with Crippen LogP contribution < -0.4 is 23.8 Å². The van der Waals surface area contributed by atoms with Gasteiger partial charge in [0.1, 0.15) is 22.6 Å². The van der Waals surface area contributed by atoms with Gasteiger partial charge in [-0.3, -0.25) is 14.4 Å². The summed E-state index contributed by atoms with van der Waals surface area (Å²) in [6, 6.07) is 29.0. The van der Waals surface area contributed by atoms with Crippen LogP contribution in [0.15, 0.2) is 102 Å². The van der Waals surface area contributed by atoms with Gasteiger partial charge in [-0.05, 0) is 66.7 Å². The number of benzene rings is 4. The number of pyridine rings is 1. The van der Waals surface area contributed by atoms with E-state index >= 15 is 0 Å². The normalized spacial score (nSPS) is 13.6. The number of aromatic nitrogens is 1. The van der Waals surface area contributed by atoms with E-state index in [1.54, 1.807) is 37.4 Å². The second-order valence-electron chi connectivity index (χ2n) is 11.8. The average molecular weight is 744 g/mol. The Balaban J connectivity index is 1.22. The van der Waals surface area contributed by atoms with E-state index in [9.17, 15) is 24.4 Å². The van der Waals surface area contributed by atoms with Crippen LogP contribution in [0.5, 0.6) is 23.0 Å². The Kier molecular flexibility index (Phi) is 11.2. The van der Waals surface area contributed by atoms with Crippen LogP contribution in [0.4, 0.5) is 5.69 Å². The zero-order valence-corrected chi connectivity index (χ0v) is 30.5. The summed E-state index contributed by atoms with van der Waals surface area (Å²) in [7, 11) is 6.00. The quantitative estimate of drug-likeness (QED) is 0.0709. The van der Waals surface area contributed by atoms with Crippen molar-refractivity contribution in [2.75, 3.05) is 39.9 Å². The van der Waals surface area contributed by atoms with Crippen LogP contribution in [0.3, 0.4) is 0 Å². The van der Waals surface area contributed by atoms with Gasteiger partial charge >= 0.3 is 5.97 Å². The van der Waals surface area contributed by atoms with Crippen LogP contribution in [-0.2, 0) is 14.3 Å². The first-order valence-electron chi connectivity index (χ1n) is 16.5. The van der Waals surface area contributed by atoms with Crippen LogP contribution in [0.2, 0.25) is 0 Å². The summed E-state index contributed by atoms with van der Waals surface area (Å²) in [4.78, 5) is 58.5. The molecule has 6 rings (SSSR count). The number of amides is 2. The van der Waals surface area contributed by atoms with Gasteiger partial charge in [0.2, 0.25) is 11.8 Å². The Hall–Kier alpha value is -6.65. The van der Waals surface area contributed by atoms with Crippen molar-refractivity contribution in [2.24, 2.45) is 0 Å². The van der Waals surface area contributed by atoms with E-state index in [2.05, 4.69) is 6.07 Å². The molecule has 5 aromatic rings. The number of rotatable bonds is 13. The van der Waals surface area contributed by atoms with E-state index in [1.165, 1.54) is 57.7 Å². The fourth-order valence-corrected chi connectivity index (χ4v) is 6.99. The van der Waals surface area contributed by atoms with Crippen LogP contribution in [0.25, 0.3) is 22.4 Å². The van der Waals surface area contributed by atoms with E-state index in [4.69, 9.17) is 28.7 Å². The Bertz CT molecular complexity index is 2290. The molecule has 1 saturated heterocycles. The first kappa shape index (κ1) is 37.1. The lowest BCUT2D eigenvalue weighted by Crippen LogP contribution is -2.31. The van der Waals surface area contributed by atoms with Crippen LogP contribution in [0.1, 0.15) is 32.7 Å². The number of nitrogens with zero attached hydrogens (tertiary/aromatic N) is 3. The van der Waals surface area contributed by atoms with Crippen molar-refractivity contribution in [3.05, 3.63) is 114 Å². The number of methoxy groups -OCH3 is 4. The Labute approximate surface area is 315 Å². The lowest BCUT2D eigenvalue weighted by atomic mass is 9.98. The lowest BCUT2D eigenvalue weighted by molar-refractivity contribution is -0.121. The fourth-order valence-electron chi connectivity index (χ4n) is 5.86. The standard InChI is InChI=1S/C41H33N3O9S/c1-49-28-15-17-34(50-2)30(19-28)29-20-32(24-8-6-5-7-9-24)43-39(31(29)22-42)54-37-21-38(46)44(40(37)47)27-13-10-25(11-14-27)41(48)53-23-33(45)26-12-16-35(51-3)36(18-26)52-4/h5-20,37H,21,23H2,1-4H3. The first-order chi connectivity index (χ1) is 26.2. The summed E-state index contributed by atoms with van der Waals surface area (Å²) < 4.78 is 26.8. The second kappa shape index (κ2) is 16.4. The molecule has 1 aromatic heterocycles. The van der Waals surface area contributed by atoms with Crippen molar-refractivity contribution >= 4 is 41.0 Å². The van der Waals surface area contributed by atoms with Gasteiger partial charge in [0.25, 0.3) is 0 Å². The molecule has 272 valence electrons. The Morgan fingerprint density at radius 3 is 2.15 bits per heavy atom. The number of ketones is 1. The van der Waals surface area contributed by atoms with Crippen molar-refractivity contribution in [3.63, 3.8) is 0 Å².